The zero-order valence-electron chi connectivity index (χ0n) is 11.2. The number of benzene rings is 1. The Kier molecular flexibility index (Phi) is 5.02. The van der Waals surface area contributed by atoms with Gasteiger partial charge in [0.05, 0.1) is 13.2 Å². The van der Waals surface area contributed by atoms with Crippen LogP contribution in [0.5, 0.6) is 0 Å². The van der Waals surface area contributed by atoms with Crippen LogP contribution in [0.4, 0.5) is 0 Å². The molecule has 2 aromatic rings. The number of hydrogen-bond acceptors (Lipinski definition) is 6. The molecule has 0 unspecified atom stereocenters. The minimum absolute atomic E-state index is 0.837. The number of thioether (sulfide) groups is 1. The third kappa shape index (κ3) is 3.79. The van der Waals surface area contributed by atoms with Crippen molar-refractivity contribution in [1.29, 1.82) is 0 Å². The summed E-state index contributed by atoms with van der Waals surface area (Å²) in [4.78, 5) is 7.03. The Morgan fingerprint density at radius 1 is 1.20 bits per heavy atom. The minimum Gasteiger partial charge on any atom is -0.379 e. The number of rotatable bonds is 5. The van der Waals surface area contributed by atoms with Crippen molar-refractivity contribution in [3.8, 4) is 11.4 Å². The molecule has 3 rings (SSSR count). The summed E-state index contributed by atoms with van der Waals surface area (Å²) in [5.41, 5.74) is 1.09. The third-order valence-electron chi connectivity index (χ3n) is 3.18. The first-order chi connectivity index (χ1) is 9.92. The molecule has 1 aliphatic rings. The molecule has 1 saturated heterocycles. The highest BCUT2D eigenvalue weighted by Crippen LogP contribution is 2.25. The van der Waals surface area contributed by atoms with Gasteiger partial charge in [0.15, 0.2) is 10.2 Å². The summed E-state index contributed by atoms with van der Waals surface area (Å²) in [6.45, 7) is 4.91. The molecule has 1 aromatic heterocycles. The Hall–Kier alpha value is -0.950. The molecule has 0 spiro atoms. The zero-order valence-corrected chi connectivity index (χ0v) is 12.8. The Morgan fingerprint density at radius 2 is 2.00 bits per heavy atom. The average molecular weight is 307 g/mol. The van der Waals surface area contributed by atoms with Crippen LogP contribution in [-0.4, -0.2) is 52.9 Å². The van der Waals surface area contributed by atoms with Crippen molar-refractivity contribution >= 4 is 23.3 Å². The maximum absolute atomic E-state index is 5.35. The number of hydrogen-bond donors (Lipinski definition) is 0. The van der Waals surface area contributed by atoms with Crippen molar-refractivity contribution in [2.75, 3.05) is 38.6 Å². The fourth-order valence-corrected chi connectivity index (χ4v) is 3.75. The van der Waals surface area contributed by atoms with Crippen molar-refractivity contribution in [2.45, 2.75) is 4.34 Å². The monoisotopic (exact) mass is 307 g/mol. The molecule has 0 radical (unpaired) electrons. The second kappa shape index (κ2) is 7.17. The van der Waals surface area contributed by atoms with E-state index in [0.29, 0.717) is 0 Å². The van der Waals surface area contributed by atoms with Crippen LogP contribution in [0.25, 0.3) is 11.4 Å². The van der Waals surface area contributed by atoms with Crippen molar-refractivity contribution in [2.24, 2.45) is 0 Å². The maximum atomic E-state index is 5.35. The summed E-state index contributed by atoms with van der Waals surface area (Å²) in [6, 6.07) is 10.1. The summed E-state index contributed by atoms with van der Waals surface area (Å²) in [5.74, 6) is 1.90. The lowest BCUT2D eigenvalue weighted by Crippen LogP contribution is -2.37. The largest absolute Gasteiger partial charge is 0.379 e. The molecule has 1 aromatic carbocycles. The van der Waals surface area contributed by atoms with E-state index in [1.165, 1.54) is 11.5 Å². The SMILES string of the molecule is c1ccc(-c2nsc(SCCN3CCOCC3)n2)cc1. The van der Waals surface area contributed by atoms with Gasteiger partial charge in [-0.2, -0.15) is 4.37 Å². The quantitative estimate of drug-likeness (QED) is 0.794. The Labute approximate surface area is 127 Å². The van der Waals surface area contributed by atoms with Gasteiger partial charge in [-0.25, -0.2) is 4.98 Å². The van der Waals surface area contributed by atoms with E-state index in [1.54, 1.807) is 11.8 Å². The van der Waals surface area contributed by atoms with E-state index in [1.807, 2.05) is 30.3 Å². The van der Waals surface area contributed by atoms with Gasteiger partial charge in [0.1, 0.15) is 0 Å². The van der Waals surface area contributed by atoms with E-state index in [4.69, 9.17) is 4.74 Å². The minimum atomic E-state index is 0.837. The van der Waals surface area contributed by atoms with E-state index >= 15 is 0 Å². The summed E-state index contributed by atoms with van der Waals surface area (Å²) < 4.78 is 10.8. The van der Waals surface area contributed by atoms with Gasteiger partial charge >= 0.3 is 0 Å². The molecule has 1 aliphatic heterocycles. The Bertz CT molecular complexity index is 526. The predicted octanol–water partition coefficient (Wildman–Crippen LogP) is 2.63. The molecule has 4 nitrogen and oxygen atoms in total. The lowest BCUT2D eigenvalue weighted by Gasteiger charge is -2.25. The van der Waals surface area contributed by atoms with Crippen molar-refractivity contribution in [1.82, 2.24) is 14.3 Å². The molecule has 0 amide bonds. The molecule has 0 N–H and O–H groups in total. The van der Waals surface area contributed by atoms with Gasteiger partial charge in [-0.05, 0) is 11.5 Å². The smallest absolute Gasteiger partial charge is 0.174 e. The van der Waals surface area contributed by atoms with Gasteiger partial charge in [0.25, 0.3) is 0 Å². The second-order valence-corrected chi connectivity index (χ2v) is 6.65. The Morgan fingerprint density at radius 3 is 2.80 bits per heavy atom. The van der Waals surface area contributed by atoms with Crippen LogP contribution in [-0.2, 0) is 4.74 Å². The second-order valence-electron chi connectivity index (χ2n) is 4.55. The first-order valence-corrected chi connectivity index (χ1v) is 8.50. The molecular formula is C14H17N3OS2. The summed E-state index contributed by atoms with van der Waals surface area (Å²) >= 11 is 3.28. The normalized spacial score (nSPS) is 16.4. The molecule has 0 bridgehead atoms. The molecular weight excluding hydrogens is 290 g/mol. The standard InChI is InChI=1S/C14H17N3OS2/c1-2-4-12(5-3-1)13-15-14(20-16-13)19-11-8-17-6-9-18-10-7-17/h1-5H,6-11H2. The van der Waals surface area contributed by atoms with Gasteiger partial charge < -0.3 is 4.74 Å². The van der Waals surface area contributed by atoms with E-state index in [-0.39, 0.29) is 0 Å². The topological polar surface area (TPSA) is 38.2 Å². The van der Waals surface area contributed by atoms with Gasteiger partial charge in [0.2, 0.25) is 0 Å². The number of ether oxygens (including phenoxy) is 1. The lowest BCUT2D eigenvalue weighted by molar-refractivity contribution is 0.0410. The van der Waals surface area contributed by atoms with Gasteiger partial charge in [0, 0.05) is 31.0 Å². The van der Waals surface area contributed by atoms with Gasteiger partial charge in [-0.1, -0.05) is 42.1 Å². The number of morpholine rings is 1. The highest BCUT2D eigenvalue weighted by Gasteiger charge is 2.11. The fraction of sp³-hybridized carbons (Fsp3) is 0.429. The highest BCUT2D eigenvalue weighted by atomic mass is 32.2. The van der Waals surface area contributed by atoms with Crippen LogP contribution in [0.15, 0.2) is 34.7 Å². The fourth-order valence-electron chi connectivity index (χ4n) is 2.06. The molecule has 106 valence electrons. The van der Waals surface area contributed by atoms with E-state index in [0.717, 1.165) is 54.3 Å². The molecule has 20 heavy (non-hydrogen) atoms. The van der Waals surface area contributed by atoms with Gasteiger partial charge in [-0.15, -0.1) is 0 Å². The summed E-state index contributed by atoms with van der Waals surface area (Å²) in [6.07, 6.45) is 0. The van der Waals surface area contributed by atoms with Crippen LogP contribution < -0.4 is 0 Å². The maximum Gasteiger partial charge on any atom is 0.174 e. The van der Waals surface area contributed by atoms with Crippen LogP contribution in [0.2, 0.25) is 0 Å². The van der Waals surface area contributed by atoms with E-state index in [2.05, 4.69) is 14.3 Å². The summed E-state index contributed by atoms with van der Waals surface area (Å²) in [5, 5.41) is 0. The molecule has 0 atom stereocenters. The van der Waals surface area contributed by atoms with Crippen LogP contribution in [0, 0.1) is 0 Å². The molecule has 2 heterocycles. The van der Waals surface area contributed by atoms with Gasteiger partial charge in [-0.3, -0.25) is 4.90 Å². The van der Waals surface area contributed by atoms with Crippen LogP contribution in [0.1, 0.15) is 0 Å². The first-order valence-electron chi connectivity index (χ1n) is 6.74. The lowest BCUT2D eigenvalue weighted by atomic mass is 10.2. The highest BCUT2D eigenvalue weighted by molar-refractivity contribution is 8.00. The van der Waals surface area contributed by atoms with E-state index < -0.39 is 0 Å². The first kappa shape index (κ1) is 14.0. The van der Waals surface area contributed by atoms with Crippen molar-refractivity contribution < 1.29 is 4.74 Å². The third-order valence-corrected chi connectivity index (χ3v) is 4.99. The van der Waals surface area contributed by atoms with E-state index in [9.17, 15) is 0 Å². The number of nitrogens with zero attached hydrogens (tertiary/aromatic N) is 3. The Balaban J connectivity index is 1.50. The summed E-state index contributed by atoms with van der Waals surface area (Å²) in [7, 11) is 0. The molecule has 0 aliphatic carbocycles. The zero-order chi connectivity index (χ0) is 13.6. The molecule has 6 heteroatoms. The molecule has 0 saturated carbocycles. The van der Waals surface area contributed by atoms with Crippen LogP contribution >= 0.6 is 23.3 Å². The average Bonchev–Trinajstić information content (AvgIpc) is 2.98. The number of aromatic nitrogens is 2. The molecule has 1 fully saturated rings. The van der Waals surface area contributed by atoms with Crippen LogP contribution in [0.3, 0.4) is 0 Å². The van der Waals surface area contributed by atoms with Crippen molar-refractivity contribution in [3.63, 3.8) is 0 Å². The predicted molar refractivity (Wildman–Crippen MR) is 83.3 cm³/mol. The van der Waals surface area contributed by atoms with Crippen molar-refractivity contribution in [3.05, 3.63) is 30.3 Å².